The van der Waals surface area contributed by atoms with E-state index in [-0.39, 0.29) is 37.2 Å². The summed E-state index contributed by atoms with van der Waals surface area (Å²) in [6, 6.07) is 8.05. The third-order valence-corrected chi connectivity index (χ3v) is 10.1. The van der Waals surface area contributed by atoms with Gasteiger partial charge in [-0.25, -0.2) is 9.59 Å². The Morgan fingerprint density at radius 3 is 2.41 bits per heavy atom. The van der Waals surface area contributed by atoms with Crippen molar-refractivity contribution in [3.05, 3.63) is 47.0 Å². The highest BCUT2D eigenvalue weighted by molar-refractivity contribution is 5.95. The van der Waals surface area contributed by atoms with Crippen LogP contribution in [0.15, 0.2) is 41.5 Å². The second-order valence-corrected chi connectivity index (χ2v) is 12.4. The lowest BCUT2D eigenvalue weighted by Crippen LogP contribution is -2.81. The Hall–Kier alpha value is -2.83. The zero-order valence-electron chi connectivity index (χ0n) is 24.8. The van der Waals surface area contributed by atoms with Gasteiger partial charge in [0.2, 0.25) is 1.43 Å². The van der Waals surface area contributed by atoms with Crippen LogP contribution >= 0.6 is 0 Å². The first-order valence-corrected chi connectivity index (χ1v) is 13.9. The smallest absolute Gasteiger partial charge is 0.455 e. The molecular formula is C30H38O11. The van der Waals surface area contributed by atoms with Gasteiger partial charge in [-0.1, -0.05) is 32.0 Å². The summed E-state index contributed by atoms with van der Waals surface area (Å²) >= 11 is 0. The van der Waals surface area contributed by atoms with E-state index in [4.69, 9.17) is 25.5 Å². The lowest BCUT2D eigenvalue weighted by molar-refractivity contribution is -0.343. The van der Waals surface area contributed by atoms with Crippen molar-refractivity contribution in [3.63, 3.8) is 0 Å². The van der Waals surface area contributed by atoms with Crippen LogP contribution in [-0.2, 0) is 23.7 Å². The molecular weight excluding hydrogens is 536 g/mol. The van der Waals surface area contributed by atoms with Crippen molar-refractivity contribution in [2.75, 3.05) is 13.2 Å². The summed E-state index contributed by atoms with van der Waals surface area (Å²) in [6.07, 6.45) is -8.28. The van der Waals surface area contributed by atoms with Crippen LogP contribution in [0, 0.1) is 16.7 Å². The van der Waals surface area contributed by atoms with Gasteiger partial charge in [-0.3, -0.25) is 4.79 Å². The quantitative estimate of drug-likeness (QED) is 0.298. The molecule has 1 aromatic rings. The third kappa shape index (κ3) is 4.08. The molecule has 2 bridgehead atoms. The topological polar surface area (TPSA) is 169 Å². The van der Waals surface area contributed by atoms with E-state index in [1.807, 2.05) is 0 Å². The summed E-state index contributed by atoms with van der Waals surface area (Å²) in [5.41, 5.74) is -6.66. The van der Waals surface area contributed by atoms with Gasteiger partial charge in [0.1, 0.15) is 17.3 Å². The van der Waals surface area contributed by atoms with Crippen LogP contribution < -0.4 is 0 Å². The molecule has 2 unspecified atom stereocenters. The molecule has 9 atom stereocenters. The fraction of sp³-hybridized carbons (Fsp3) is 0.633. The van der Waals surface area contributed by atoms with Gasteiger partial charge in [0, 0.05) is 24.2 Å². The average Bonchev–Trinajstić information content (AvgIpc) is 2.94. The van der Waals surface area contributed by atoms with Gasteiger partial charge in [0.05, 0.1) is 42.5 Å². The number of esters is 1. The fourth-order valence-corrected chi connectivity index (χ4v) is 7.57. The standard InChI is InChI=1S/C30H38O11/c1-6-38-26(35)40-21-20-15(2)17(31)13-30(37,27(20,3)4)24(41-25(34)16-10-8-7-9-11-16)22-28(5,23(21)33)18(32)12-19-29(22,36)14-39-19/h7-11,17-19,21-22,24,31-32,36-37H,6,12-14H2,1-5H3/t17-,18-,19+,21+,22?,24?,28+,29-,30+/m0/s1/i32D. The number of benzene rings is 1. The number of aliphatic hydroxyl groups is 4. The van der Waals surface area contributed by atoms with Crippen LogP contribution in [0.1, 0.15) is 57.8 Å². The number of Topliss-reactive ketones (excluding diaryl/α,β-unsaturated/α-hetero) is 1. The zero-order valence-corrected chi connectivity index (χ0v) is 23.8. The number of carbonyl (C=O) groups is 3. The molecule has 11 heteroatoms. The maximum Gasteiger partial charge on any atom is 0.509 e. The number of fused-ring (bicyclic) bond motifs is 5. The predicted molar refractivity (Wildman–Crippen MR) is 142 cm³/mol. The zero-order chi connectivity index (χ0) is 30.8. The number of hydrogen-bond donors (Lipinski definition) is 4. The Bertz CT molecular complexity index is 1300. The lowest BCUT2D eigenvalue weighted by Gasteiger charge is -2.66. The molecule has 4 N–H and O–H groups in total. The van der Waals surface area contributed by atoms with Gasteiger partial charge < -0.3 is 39.4 Å². The minimum atomic E-state index is -2.12. The first kappa shape index (κ1) is 28.3. The fourth-order valence-electron chi connectivity index (χ4n) is 7.57. The van der Waals surface area contributed by atoms with Crippen LogP contribution in [0.25, 0.3) is 0 Å². The van der Waals surface area contributed by atoms with Crippen LogP contribution in [0.3, 0.4) is 0 Å². The Labute approximate surface area is 239 Å². The molecule has 41 heavy (non-hydrogen) atoms. The number of carbonyl (C=O) groups excluding carboxylic acids is 3. The van der Waals surface area contributed by atoms with Crippen LogP contribution in [0.5, 0.6) is 0 Å². The van der Waals surface area contributed by atoms with E-state index in [1.54, 1.807) is 45.9 Å². The van der Waals surface area contributed by atoms with Gasteiger partial charge in [-0.05, 0) is 44.1 Å². The minimum Gasteiger partial charge on any atom is -0.455 e. The number of hydrogen-bond acceptors (Lipinski definition) is 11. The SMILES string of the molecule is [2H]O[C@H]1C[C@H]2OC[C@@]2(O)C2C(OC(=O)c3ccccc3)[C@]3(O)C[C@H](O)C(C)=C([C@@H](OC(=O)OCC)C(=O)[C@@]21C)C3(C)C. The molecule has 0 radical (unpaired) electrons. The lowest BCUT2D eigenvalue weighted by atomic mass is 9.44. The molecule has 1 aliphatic heterocycles. The van der Waals surface area contributed by atoms with Gasteiger partial charge in [0.25, 0.3) is 0 Å². The van der Waals surface area contributed by atoms with E-state index in [9.17, 15) is 29.7 Å². The maximum atomic E-state index is 14.8. The molecule has 5 rings (SSSR count). The predicted octanol–water partition coefficient (Wildman–Crippen LogP) is 1.69. The largest absolute Gasteiger partial charge is 0.509 e. The third-order valence-electron chi connectivity index (χ3n) is 10.1. The van der Waals surface area contributed by atoms with Crippen molar-refractivity contribution in [3.8, 4) is 0 Å². The Balaban J connectivity index is 1.79. The van der Waals surface area contributed by atoms with Crippen LogP contribution in [0.4, 0.5) is 4.79 Å². The van der Waals surface area contributed by atoms with Gasteiger partial charge in [0.15, 0.2) is 11.9 Å². The highest BCUT2D eigenvalue weighted by Gasteiger charge is 2.76. The van der Waals surface area contributed by atoms with E-state index in [1.165, 1.54) is 19.1 Å². The second kappa shape index (κ2) is 9.88. The normalized spacial score (nSPS) is 41.5. The average molecular weight is 576 g/mol. The molecule has 224 valence electrons. The second-order valence-electron chi connectivity index (χ2n) is 12.4. The van der Waals surface area contributed by atoms with Crippen molar-refractivity contribution in [1.82, 2.24) is 0 Å². The highest BCUT2D eigenvalue weighted by Crippen LogP contribution is 2.63. The van der Waals surface area contributed by atoms with Gasteiger partial charge in [-0.15, -0.1) is 0 Å². The molecule has 0 amide bonds. The molecule has 2 saturated carbocycles. The van der Waals surface area contributed by atoms with Gasteiger partial charge >= 0.3 is 12.1 Å². The Kier molecular flexibility index (Phi) is 6.82. The molecule has 1 saturated heterocycles. The first-order valence-electron chi connectivity index (χ1n) is 14.3. The Morgan fingerprint density at radius 1 is 1.15 bits per heavy atom. The monoisotopic (exact) mass is 575 g/mol. The van der Waals surface area contributed by atoms with Crippen LogP contribution in [-0.4, -0.2) is 94.7 Å². The van der Waals surface area contributed by atoms with E-state index >= 15 is 0 Å². The van der Waals surface area contributed by atoms with Crippen molar-refractivity contribution < 1.29 is 53.8 Å². The molecule has 11 nitrogen and oxygen atoms in total. The Morgan fingerprint density at radius 2 is 1.83 bits per heavy atom. The molecule has 1 aromatic carbocycles. The minimum absolute atomic E-state index is 0.0393. The summed E-state index contributed by atoms with van der Waals surface area (Å²) in [5.74, 6) is -2.98. The molecule has 0 aromatic heterocycles. The number of aliphatic hydroxyl groups excluding tert-OH is 2. The summed E-state index contributed by atoms with van der Waals surface area (Å²) in [5, 5.41) is 41.3. The summed E-state index contributed by atoms with van der Waals surface area (Å²) in [6.45, 7) is 7.53. The first-order chi connectivity index (χ1) is 19.7. The van der Waals surface area contributed by atoms with E-state index in [0.717, 1.165) is 0 Å². The maximum absolute atomic E-state index is 14.8. The van der Waals surface area contributed by atoms with Gasteiger partial charge in [-0.2, -0.15) is 0 Å². The molecule has 4 aliphatic rings. The van der Waals surface area contributed by atoms with Crippen molar-refractivity contribution >= 4 is 17.9 Å². The van der Waals surface area contributed by atoms with E-state index in [2.05, 4.69) is 0 Å². The molecule has 3 aliphatic carbocycles. The highest BCUT2D eigenvalue weighted by atomic mass is 16.7. The molecule has 1 heterocycles. The summed E-state index contributed by atoms with van der Waals surface area (Å²) in [4.78, 5) is 41.2. The summed E-state index contributed by atoms with van der Waals surface area (Å²) < 4.78 is 30.4. The van der Waals surface area contributed by atoms with E-state index < -0.39 is 76.4 Å². The van der Waals surface area contributed by atoms with E-state index in [0.29, 0.717) is 5.57 Å². The number of ketones is 1. The van der Waals surface area contributed by atoms with Crippen molar-refractivity contribution in [2.24, 2.45) is 16.7 Å². The van der Waals surface area contributed by atoms with Crippen molar-refractivity contribution in [2.45, 2.75) is 89.2 Å². The molecule has 0 spiro atoms. The summed E-state index contributed by atoms with van der Waals surface area (Å²) in [7, 11) is 0. The number of ether oxygens (including phenoxy) is 4. The molecule has 3 fully saturated rings. The van der Waals surface area contributed by atoms with Crippen molar-refractivity contribution in [1.29, 1.82) is 1.43 Å². The number of rotatable bonds is 5. The van der Waals surface area contributed by atoms with Crippen LogP contribution in [0.2, 0.25) is 0 Å².